The zero-order chi connectivity index (χ0) is 17.2. The fraction of sp³-hybridized carbons (Fsp3) is 0.316. The molecule has 24 heavy (non-hydrogen) atoms. The number of para-hydroxylation sites is 2. The van der Waals surface area contributed by atoms with Crippen molar-refractivity contribution < 1.29 is 14.3 Å². The Morgan fingerprint density at radius 1 is 1.00 bits per heavy atom. The van der Waals surface area contributed by atoms with Gasteiger partial charge < -0.3 is 20.1 Å². The largest absolute Gasteiger partial charge is 0.490 e. The zero-order valence-electron chi connectivity index (χ0n) is 14.1. The summed E-state index contributed by atoms with van der Waals surface area (Å²) in [6, 6.07) is 17.0. The summed E-state index contributed by atoms with van der Waals surface area (Å²) >= 11 is 0. The van der Waals surface area contributed by atoms with Crippen LogP contribution in [-0.2, 0) is 0 Å². The maximum atomic E-state index is 12.3. The van der Waals surface area contributed by atoms with Gasteiger partial charge in [-0.2, -0.15) is 0 Å². The highest BCUT2D eigenvalue weighted by atomic mass is 16.5. The van der Waals surface area contributed by atoms with Gasteiger partial charge in [0, 0.05) is 12.6 Å². The molecule has 0 bridgehead atoms. The van der Waals surface area contributed by atoms with E-state index in [9.17, 15) is 4.79 Å². The Balaban J connectivity index is 1.85. The predicted octanol–water partition coefficient (Wildman–Crippen LogP) is 2.48. The molecular formula is C19H24N2O3. The van der Waals surface area contributed by atoms with E-state index in [-0.39, 0.29) is 11.9 Å². The topological polar surface area (TPSA) is 59.6 Å². The molecule has 1 atom stereocenters. The molecule has 0 heterocycles. The van der Waals surface area contributed by atoms with E-state index < -0.39 is 0 Å². The molecule has 1 unspecified atom stereocenters. The molecule has 0 aliphatic heterocycles. The van der Waals surface area contributed by atoms with Crippen molar-refractivity contribution in [3.63, 3.8) is 0 Å². The van der Waals surface area contributed by atoms with Gasteiger partial charge in [-0.3, -0.25) is 4.79 Å². The Hall–Kier alpha value is -2.53. The predicted molar refractivity (Wildman–Crippen MR) is 94.7 cm³/mol. The number of carbonyl (C=O) groups is 1. The number of hydrogen-bond donors (Lipinski definition) is 2. The van der Waals surface area contributed by atoms with Gasteiger partial charge in [-0.25, -0.2) is 0 Å². The van der Waals surface area contributed by atoms with Crippen LogP contribution in [0.25, 0.3) is 0 Å². The van der Waals surface area contributed by atoms with Crippen LogP contribution in [0.2, 0.25) is 0 Å². The van der Waals surface area contributed by atoms with Gasteiger partial charge in [0.2, 0.25) is 0 Å². The van der Waals surface area contributed by atoms with E-state index >= 15 is 0 Å². The molecule has 2 aromatic carbocycles. The van der Waals surface area contributed by atoms with Gasteiger partial charge in [-0.15, -0.1) is 0 Å². The van der Waals surface area contributed by atoms with Crippen molar-refractivity contribution in [2.45, 2.75) is 13.0 Å². The Morgan fingerprint density at radius 3 is 2.42 bits per heavy atom. The average Bonchev–Trinajstić information content (AvgIpc) is 2.64. The Kier molecular flexibility index (Phi) is 7.11. The van der Waals surface area contributed by atoms with Gasteiger partial charge in [0.15, 0.2) is 0 Å². The first-order chi connectivity index (χ1) is 11.7. The smallest absolute Gasteiger partial charge is 0.255 e. The number of benzene rings is 2. The highest BCUT2D eigenvalue weighted by Crippen LogP contribution is 2.18. The second-order valence-corrected chi connectivity index (χ2v) is 5.41. The Bertz CT molecular complexity index is 632. The minimum atomic E-state index is -0.142. The van der Waals surface area contributed by atoms with Gasteiger partial charge >= 0.3 is 0 Å². The third kappa shape index (κ3) is 5.59. The lowest BCUT2D eigenvalue weighted by atomic mass is 10.2. The molecule has 0 aliphatic carbocycles. The normalized spacial score (nSPS) is 11.6. The molecule has 0 aliphatic rings. The lowest BCUT2D eigenvalue weighted by Crippen LogP contribution is -2.37. The first-order valence-corrected chi connectivity index (χ1v) is 8.06. The highest BCUT2D eigenvalue weighted by Gasteiger charge is 2.12. The van der Waals surface area contributed by atoms with Crippen LogP contribution in [0.5, 0.6) is 11.5 Å². The van der Waals surface area contributed by atoms with Crippen molar-refractivity contribution in [3.8, 4) is 11.5 Å². The summed E-state index contributed by atoms with van der Waals surface area (Å²) in [4.78, 5) is 12.3. The summed E-state index contributed by atoms with van der Waals surface area (Å²) in [6.07, 6.45) is 0. The molecule has 0 saturated carbocycles. The van der Waals surface area contributed by atoms with Crippen molar-refractivity contribution in [3.05, 3.63) is 60.2 Å². The van der Waals surface area contributed by atoms with Crippen molar-refractivity contribution in [2.75, 3.05) is 26.8 Å². The number of ether oxygens (including phenoxy) is 2. The lowest BCUT2D eigenvalue weighted by molar-refractivity contribution is 0.0945. The van der Waals surface area contributed by atoms with Gasteiger partial charge in [0.05, 0.1) is 5.56 Å². The average molecular weight is 328 g/mol. The summed E-state index contributed by atoms with van der Waals surface area (Å²) < 4.78 is 11.3. The quantitative estimate of drug-likeness (QED) is 0.694. The molecule has 0 fully saturated rings. The number of rotatable bonds is 9. The minimum Gasteiger partial charge on any atom is -0.490 e. The van der Waals surface area contributed by atoms with E-state index in [0.717, 1.165) is 5.75 Å². The lowest BCUT2D eigenvalue weighted by Gasteiger charge is -2.14. The molecule has 2 N–H and O–H groups in total. The number of hydrogen-bond acceptors (Lipinski definition) is 4. The fourth-order valence-corrected chi connectivity index (χ4v) is 2.05. The van der Waals surface area contributed by atoms with E-state index in [1.54, 1.807) is 12.1 Å². The van der Waals surface area contributed by atoms with Gasteiger partial charge in [-0.1, -0.05) is 30.3 Å². The van der Waals surface area contributed by atoms with E-state index in [4.69, 9.17) is 9.47 Å². The van der Waals surface area contributed by atoms with Crippen LogP contribution in [0.15, 0.2) is 54.6 Å². The van der Waals surface area contributed by atoms with Gasteiger partial charge in [0.25, 0.3) is 5.91 Å². The second-order valence-electron chi connectivity index (χ2n) is 5.41. The summed E-state index contributed by atoms with van der Waals surface area (Å²) in [6.45, 7) is 3.34. The van der Waals surface area contributed by atoms with Crippen LogP contribution >= 0.6 is 0 Å². The molecule has 0 spiro atoms. The SMILES string of the molecule is CNC(C)CNC(=O)c1ccccc1OCCOc1ccccc1. The van der Waals surface area contributed by atoms with Crippen LogP contribution in [-0.4, -0.2) is 38.8 Å². The van der Waals surface area contributed by atoms with Crippen LogP contribution in [0.3, 0.4) is 0 Å². The zero-order valence-corrected chi connectivity index (χ0v) is 14.1. The molecule has 2 aromatic rings. The minimum absolute atomic E-state index is 0.142. The van der Waals surface area contributed by atoms with Gasteiger partial charge in [0.1, 0.15) is 24.7 Å². The third-order valence-corrected chi connectivity index (χ3v) is 3.55. The van der Waals surface area contributed by atoms with Crippen molar-refractivity contribution in [2.24, 2.45) is 0 Å². The van der Waals surface area contributed by atoms with Crippen LogP contribution in [0, 0.1) is 0 Å². The molecule has 0 saturated heterocycles. The van der Waals surface area contributed by atoms with E-state index in [0.29, 0.717) is 31.1 Å². The summed E-state index contributed by atoms with van der Waals surface area (Å²) in [5, 5.41) is 5.97. The number of nitrogens with one attached hydrogen (secondary N) is 2. The van der Waals surface area contributed by atoms with Crippen molar-refractivity contribution >= 4 is 5.91 Å². The van der Waals surface area contributed by atoms with Crippen LogP contribution in [0.4, 0.5) is 0 Å². The highest BCUT2D eigenvalue weighted by molar-refractivity contribution is 5.96. The first kappa shape index (κ1) is 17.8. The van der Waals surface area contributed by atoms with Gasteiger partial charge in [-0.05, 0) is 38.2 Å². The maximum Gasteiger partial charge on any atom is 0.255 e. The molecule has 1 amide bonds. The third-order valence-electron chi connectivity index (χ3n) is 3.55. The summed E-state index contributed by atoms with van der Waals surface area (Å²) in [5.41, 5.74) is 0.528. The molecule has 0 aromatic heterocycles. The molecule has 2 rings (SSSR count). The fourth-order valence-electron chi connectivity index (χ4n) is 2.05. The van der Waals surface area contributed by atoms with Crippen LogP contribution in [0.1, 0.15) is 17.3 Å². The molecule has 128 valence electrons. The molecule has 5 nitrogen and oxygen atoms in total. The Labute approximate surface area is 143 Å². The number of amides is 1. The number of carbonyl (C=O) groups excluding carboxylic acids is 1. The molecule has 0 radical (unpaired) electrons. The monoisotopic (exact) mass is 328 g/mol. The summed E-state index contributed by atoms with van der Waals surface area (Å²) in [5.74, 6) is 1.22. The summed E-state index contributed by atoms with van der Waals surface area (Å²) in [7, 11) is 1.86. The first-order valence-electron chi connectivity index (χ1n) is 8.06. The molecule has 5 heteroatoms. The Morgan fingerprint density at radius 2 is 1.67 bits per heavy atom. The van der Waals surface area contributed by atoms with E-state index in [1.165, 1.54) is 0 Å². The van der Waals surface area contributed by atoms with Crippen LogP contribution < -0.4 is 20.1 Å². The standard InChI is InChI=1S/C19H24N2O3/c1-15(20-2)14-21-19(22)17-10-6-7-11-18(17)24-13-12-23-16-8-4-3-5-9-16/h3-11,15,20H,12-14H2,1-2H3,(H,21,22). The van der Waals surface area contributed by atoms with Crippen molar-refractivity contribution in [1.29, 1.82) is 0 Å². The van der Waals surface area contributed by atoms with Crippen molar-refractivity contribution in [1.82, 2.24) is 10.6 Å². The molecular weight excluding hydrogens is 304 g/mol. The number of likely N-dealkylation sites (N-methyl/N-ethyl adjacent to an activating group) is 1. The maximum absolute atomic E-state index is 12.3. The second kappa shape index (κ2) is 9.57. The van der Waals surface area contributed by atoms with E-state index in [2.05, 4.69) is 10.6 Å². The van der Waals surface area contributed by atoms with E-state index in [1.807, 2.05) is 56.4 Å².